The van der Waals surface area contributed by atoms with E-state index in [1.165, 1.54) is 0 Å². The fraction of sp³-hybridized carbons (Fsp3) is 0.333. The molecule has 0 aromatic heterocycles. The van der Waals surface area contributed by atoms with Crippen molar-refractivity contribution in [3.63, 3.8) is 0 Å². The lowest BCUT2D eigenvalue weighted by atomic mass is 10.0. The minimum absolute atomic E-state index is 0.0381. The predicted octanol–water partition coefficient (Wildman–Crippen LogP) is 2.85. The smallest absolute Gasteiger partial charge is 0.362 e. The number of amides is 1. The first-order valence-corrected chi connectivity index (χ1v) is 6.49. The molecule has 0 unspecified atom stereocenters. The third-order valence-corrected chi connectivity index (χ3v) is 2.72. The molecule has 0 saturated heterocycles. The first kappa shape index (κ1) is 19.0. The second kappa shape index (κ2) is 7.02. The Morgan fingerprint density at radius 1 is 1.00 bits per heavy atom. The lowest BCUT2D eigenvalue weighted by Crippen LogP contribution is -2.46. The van der Waals surface area contributed by atoms with Gasteiger partial charge in [0.05, 0.1) is 11.1 Å². The van der Waals surface area contributed by atoms with Gasteiger partial charge in [-0.2, -0.15) is 26.3 Å². The number of carbonyl (C=O) groups is 1. The van der Waals surface area contributed by atoms with Crippen molar-refractivity contribution in [1.29, 1.82) is 0 Å². The van der Waals surface area contributed by atoms with Crippen LogP contribution in [0.1, 0.15) is 28.4 Å². The standard InChI is InChI=1S/C12H11F6N3OS/c1-2-19-10(23)21-20-9(22)6-3-7(11(13,14)15)5-8(4-6)12(16,17)18/h3-5H,2H2,1H3,(H,20,22)(H2,19,21,23). The molecule has 0 spiro atoms. The van der Waals surface area contributed by atoms with Gasteiger partial charge in [-0.25, -0.2) is 0 Å². The highest BCUT2D eigenvalue weighted by Gasteiger charge is 2.37. The van der Waals surface area contributed by atoms with Crippen LogP contribution in [0.25, 0.3) is 0 Å². The van der Waals surface area contributed by atoms with E-state index in [0.717, 1.165) is 0 Å². The number of thiocarbonyl (C=S) groups is 1. The highest BCUT2D eigenvalue weighted by molar-refractivity contribution is 7.80. The highest BCUT2D eigenvalue weighted by atomic mass is 32.1. The van der Waals surface area contributed by atoms with Gasteiger partial charge in [-0.15, -0.1) is 0 Å². The summed E-state index contributed by atoms with van der Waals surface area (Å²) in [7, 11) is 0. The van der Waals surface area contributed by atoms with Crippen LogP contribution >= 0.6 is 12.2 Å². The van der Waals surface area contributed by atoms with Crippen LogP contribution in [0.4, 0.5) is 26.3 Å². The van der Waals surface area contributed by atoms with Gasteiger partial charge in [-0.1, -0.05) is 0 Å². The van der Waals surface area contributed by atoms with Crippen LogP contribution in [0.15, 0.2) is 18.2 Å². The maximum atomic E-state index is 12.7. The van der Waals surface area contributed by atoms with Crippen LogP contribution in [0.3, 0.4) is 0 Å². The first-order valence-electron chi connectivity index (χ1n) is 6.08. The molecule has 0 heterocycles. The zero-order valence-corrected chi connectivity index (χ0v) is 12.3. The maximum Gasteiger partial charge on any atom is 0.416 e. The van der Waals surface area contributed by atoms with E-state index in [0.29, 0.717) is 18.7 Å². The van der Waals surface area contributed by atoms with Gasteiger partial charge in [0.2, 0.25) is 0 Å². The molecule has 1 aromatic rings. The molecule has 0 aliphatic rings. The molecule has 0 aliphatic carbocycles. The van der Waals surface area contributed by atoms with Crippen molar-refractivity contribution in [3.05, 3.63) is 34.9 Å². The highest BCUT2D eigenvalue weighted by Crippen LogP contribution is 2.36. The number of rotatable bonds is 2. The third-order valence-electron chi connectivity index (χ3n) is 2.48. The van der Waals surface area contributed by atoms with E-state index in [9.17, 15) is 31.1 Å². The molecular weight excluding hydrogens is 348 g/mol. The molecular formula is C12H11F6N3OS. The predicted molar refractivity (Wildman–Crippen MR) is 73.3 cm³/mol. The van der Waals surface area contributed by atoms with Gasteiger partial charge in [0, 0.05) is 12.1 Å². The van der Waals surface area contributed by atoms with Crippen LogP contribution in [0.2, 0.25) is 0 Å². The summed E-state index contributed by atoms with van der Waals surface area (Å²) >= 11 is 4.69. The van der Waals surface area contributed by atoms with Crippen molar-refractivity contribution in [3.8, 4) is 0 Å². The molecule has 23 heavy (non-hydrogen) atoms. The third kappa shape index (κ3) is 5.58. The summed E-state index contributed by atoms with van der Waals surface area (Å²) in [6.45, 7) is 2.10. The molecule has 0 atom stereocenters. The lowest BCUT2D eigenvalue weighted by Gasteiger charge is -2.15. The van der Waals surface area contributed by atoms with Gasteiger partial charge < -0.3 is 5.32 Å². The van der Waals surface area contributed by atoms with Gasteiger partial charge in [0.1, 0.15) is 0 Å². The van der Waals surface area contributed by atoms with E-state index in [-0.39, 0.29) is 11.2 Å². The van der Waals surface area contributed by atoms with Gasteiger partial charge in [-0.3, -0.25) is 15.6 Å². The molecule has 1 aromatic carbocycles. The molecule has 0 saturated carbocycles. The molecule has 3 N–H and O–H groups in total. The number of alkyl halides is 6. The quantitative estimate of drug-likeness (QED) is 0.432. The number of hydrazine groups is 1. The summed E-state index contributed by atoms with van der Waals surface area (Å²) in [5.74, 6) is -1.19. The average molecular weight is 359 g/mol. The Bertz CT molecular complexity index is 567. The number of carbonyl (C=O) groups excluding carboxylic acids is 1. The van der Waals surface area contributed by atoms with Crippen LogP contribution in [0, 0.1) is 0 Å². The summed E-state index contributed by atoms with van der Waals surface area (Å²) in [5.41, 5.74) is 0.109. The van der Waals surface area contributed by atoms with Gasteiger partial charge in [-0.05, 0) is 37.3 Å². The van der Waals surface area contributed by atoms with Crippen molar-refractivity contribution in [2.45, 2.75) is 19.3 Å². The van der Waals surface area contributed by atoms with Crippen LogP contribution in [-0.4, -0.2) is 17.6 Å². The van der Waals surface area contributed by atoms with E-state index in [2.05, 4.69) is 10.7 Å². The molecule has 128 valence electrons. The summed E-state index contributed by atoms with van der Waals surface area (Å²) < 4.78 is 76.0. The second-order valence-corrected chi connectivity index (χ2v) is 4.64. The molecule has 0 aliphatic heterocycles. The monoisotopic (exact) mass is 359 g/mol. The Hall–Kier alpha value is -2.04. The van der Waals surface area contributed by atoms with Crippen molar-refractivity contribution >= 4 is 23.2 Å². The van der Waals surface area contributed by atoms with E-state index >= 15 is 0 Å². The van der Waals surface area contributed by atoms with E-state index in [1.54, 1.807) is 6.92 Å². The van der Waals surface area contributed by atoms with E-state index in [4.69, 9.17) is 12.2 Å². The number of benzene rings is 1. The van der Waals surface area contributed by atoms with Crippen molar-refractivity contribution < 1.29 is 31.1 Å². The normalized spacial score (nSPS) is 11.8. The molecule has 0 bridgehead atoms. The van der Waals surface area contributed by atoms with Crippen LogP contribution in [0.5, 0.6) is 0 Å². The Labute approximate surface area is 132 Å². The molecule has 0 radical (unpaired) electrons. The number of halogens is 6. The Morgan fingerprint density at radius 2 is 1.48 bits per heavy atom. The zero-order valence-electron chi connectivity index (χ0n) is 11.5. The molecule has 4 nitrogen and oxygen atoms in total. The van der Waals surface area contributed by atoms with Crippen molar-refractivity contribution in [2.24, 2.45) is 0 Å². The zero-order chi connectivity index (χ0) is 17.8. The summed E-state index contributed by atoms with van der Waals surface area (Å²) in [4.78, 5) is 11.7. The Morgan fingerprint density at radius 3 is 1.87 bits per heavy atom. The lowest BCUT2D eigenvalue weighted by molar-refractivity contribution is -0.143. The largest absolute Gasteiger partial charge is 0.416 e. The Balaban J connectivity index is 3.10. The van der Waals surface area contributed by atoms with E-state index in [1.807, 2.05) is 5.43 Å². The fourth-order valence-electron chi connectivity index (χ4n) is 1.48. The minimum atomic E-state index is -5.03. The second-order valence-electron chi connectivity index (χ2n) is 4.23. The van der Waals surface area contributed by atoms with E-state index < -0.39 is 35.0 Å². The molecule has 1 amide bonds. The fourth-order valence-corrected chi connectivity index (χ4v) is 1.67. The maximum absolute atomic E-state index is 12.7. The van der Waals surface area contributed by atoms with Gasteiger partial charge in [0.15, 0.2) is 5.11 Å². The molecule has 11 heteroatoms. The first-order chi connectivity index (χ1) is 10.4. The average Bonchev–Trinajstić information content (AvgIpc) is 2.42. The number of nitrogens with one attached hydrogen (secondary N) is 3. The number of hydrogen-bond donors (Lipinski definition) is 3. The van der Waals surface area contributed by atoms with Crippen molar-refractivity contribution in [2.75, 3.05) is 6.54 Å². The summed E-state index contributed by atoms with van der Waals surface area (Å²) in [6, 6.07) is 0.582. The topological polar surface area (TPSA) is 53.2 Å². The molecule has 0 fully saturated rings. The van der Waals surface area contributed by atoms with Crippen molar-refractivity contribution in [1.82, 2.24) is 16.2 Å². The van der Waals surface area contributed by atoms with Crippen LogP contribution in [-0.2, 0) is 12.4 Å². The van der Waals surface area contributed by atoms with Gasteiger partial charge in [0.25, 0.3) is 5.91 Å². The number of hydrogen-bond acceptors (Lipinski definition) is 2. The molecule has 1 rings (SSSR count). The summed E-state index contributed by atoms with van der Waals surface area (Å²) in [5, 5.41) is 2.53. The minimum Gasteiger partial charge on any atom is -0.362 e. The Kier molecular flexibility index (Phi) is 5.81. The van der Waals surface area contributed by atoms with Gasteiger partial charge >= 0.3 is 12.4 Å². The van der Waals surface area contributed by atoms with Crippen LogP contribution < -0.4 is 16.2 Å². The summed E-state index contributed by atoms with van der Waals surface area (Å²) in [6.07, 6.45) is -10.1. The SMILES string of the molecule is CCNC(=S)NNC(=O)c1cc(C(F)(F)F)cc(C(F)(F)F)c1.